The molecule has 6 nitrogen and oxygen atoms in total. The van der Waals surface area contributed by atoms with Gasteiger partial charge in [-0.3, -0.25) is 9.59 Å². The maximum absolute atomic E-state index is 13.3. The van der Waals surface area contributed by atoms with Crippen molar-refractivity contribution in [1.29, 1.82) is 0 Å². The molecule has 1 fully saturated rings. The minimum Gasteiger partial charge on any atom is -0.493 e. The molecule has 1 atom stereocenters. The highest BCUT2D eigenvalue weighted by Gasteiger charge is 2.31. The van der Waals surface area contributed by atoms with Crippen molar-refractivity contribution in [2.24, 2.45) is 0 Å². The largest absolute Gasteiger partial charge is 0.493 e. The normalized spacial score (nSPS) is 18.3. The molecule has 0 saturated carbocycles. The predicted octanol–water partition coefficient (Wildman–Crippen LogP) is 4.00. The van der Waals surface area contributed by atoms with E-state index < -0.39 is 0 Å². The number of rotatable bonds is 7. The Hall–Kier alpha value is -3.02. The third kappa shape index (κ3) is 4.74. The zero-order valence-electron chi connectivity index (χ0n) is 19.0. The van der Waals surface area contributed by atoms with E-state index in [4.69, 9.17) is 9.47 Å². The molecule has 0 bridgehead atoms. The lowest BCUT2D eigenvalue weighted by molar-refractivity contribution is -0.135. The third-order valence-corrected chi connectivity index (χ3v) is 6.65. The molecule has 2 aliphatic heterocycles. The molecule has 2 heterocycles. The van der Waals surface area contributed by atoms with Crippen molar-refractivity contribution in [2.45, 2.75) is 51.0 Å². The maximum atomic E-state index is 13.3. The number of anilines is 1. The molecule has 1 saturated heterocycles. The first-order valence-corrected chi connectivity index (χ1v) is 11.5. The number of piperidine rings is 1. The van der Waals surface area contributed by atoms with E-state index in [1.54, 1.807) is 19.1 Å². The van der Waals surface area contributed by atoms with Gasteiger partial charge in [-0.15, -0.1) is 0 Å². The first kappa shape index (κ1) is 22.2. The van der Waals surface area contributed by atoms with E-state index in [0.29, 0.717) is 6.42 Å². The minimum atomic E-state index is 0.0379. The fraction of sp³-hybridized carbons (Fsp3) is 0.462. The minimum absolute atomic E-state index is 0.0379. The Labute approximate surface area is 190 Å². The van der Waals surface area contributed by atoms with Gasteiger partial charge in [0.2, 0.25) is 11.8 Å². The summed E-state index contributed by atoms with van der Waals surface area (Å²) in [5, 5.41) is 0. The fourth-order valence-electron chi connectivity index (χ4n) is 4.89. The smallest absolute Gasteiger partial charge is 0.242 e. The van der Waals surface area contributed by atoms with E-state index >= 15 is 0 Å². The highest BCUT2D eigenvalue weighted by molar-refractivity contribution is 6.01. The van der Waals surface area contributed by atoms with Gasteiger partial charge in [-0.05, 0) is 67.9 Å². The second-order valence-corrected chi connectivity index (χ2v) is 8.57. The molecule has 0 radical (unpaired) electrons. The van der Waals surface area contributed by atoms with E-state index in [1.807, 2.05) is 41.3 Å². The molecule has 2 aromatic carbocycles. The highest BCUT2D eigenvalue weighted by Crippen LogP contribution is 2.30. The fourth-order valence-corrected chi connectivity index (χ4v) is 4.89. The number of hydrogen-bond acceptors (Lipinski definition) is 4. The number of benzene rings is 2. The summed E-state index contributed by atoms with van der Waals surface area (Å²) in [6.45, 7) is 0.891. The Balaban J connectivity index is 1.43. The number of carbonyl (C=O) groups is 2. The first-order chi connectivity index (χ1) is 15.6. The van der Waals surface area contributed by atoms with Crippen LogP contribution in [0.4, 0.5) is 5.69 Å². The Morgan fingerprint density at radius 2 is 1.84 bits per heavy atom. The number of amides is 2. The van der Waals surface area contributed by atoms with Gasteiger partial charge in [0.1, 0.15) is 6.54 Å². The second-order valence-electron chi connectivity index (χ2n) is 8.57. The van der Waals surface area contributed by atoms with Crippen LogP contribution in [0.2, 0.25) is 0 Å². The van der Waals surface area contributed by atoms with E-state index in [-0.39, 0.29) is 24.4 Å². The van der Waals surface area contributed by atoms with Gasteiger partial charge in [0.05, 0.1) is 14.2 Å². The van der Waals surface area contributed by atoms with Crippen LogP contribution in [-0.2, 0) is 22.4 Å². The van der Waals surface area contributed by atoms with E-state index in [9.17, 15) is 9.59 Å². The summed E-state index contributed by atoms with van der Waals surface area (Å²) in [5.74, 6) is 1.53. The molecular formula is C26H32N2O4. The van der Waals surface area contributed by atoms with Gasteiger partial charge in [0.25, 0.3) is 0 Å². The zero-order valence-corrected chi connectivity index (χ0v) is 19.0. The van der Waals surface area contributed by atoms with Crippen LogP contribution in [0, 0.1) is 0 Å². The summed E-state index contributed by atoms with van der Waals surface area (Å²) in [4.78, 5) is 29.6. The van der Waals surface area contributed by atoms with Crippen LogP contribution in [0.1, 0.15) is 43.2 Å². The van der Waals surface area contributed by atoms with Crippen LogP contribution in [0.3, 0.4) is 0 Å². The Morgan fingerprint density at radius 3 is 2.66 bits per heavy atom. The Bertz CT molecular complexity index is 974. The van der Waals surface area contributed by atoms with Crippen molar-refractivity contribution in [3.05, 3.63) is 53.6 Å². The number of nitrogens with zero attached hydrogens (tertiary/aromatic N) is 2. The summed E-state index contributed by atoms with van der Waals surface area (Å²) in [6, 6.07) is 14.1. The van der Waals surface area contributed by atoms with Crippen molar-refractivity contribution in [3.8, 4) is 11.5 Å². The lowest BCUT2D eigenvalue weighted by atomic mass is 9.95. The van der Waals surface area contributed by atoms with Crippen LogP contribution in [-0.4, -0.2) is 50.1 Å². The summed E-state index contributed by atoms with van der Waals surface area (Å²) < 4.78 is 10.8. The average Bonchev–Trinajstić information content (AvgIpc) is 2.84. The number of aryl methyl sites for hydroxylation is 2. The molecule has 0 spiro atoms. The monoisotopic (exact) mass is 436 g/mol. The molecule has 2 amide bonds. The number of hydrogen-bond donors (Lipinski definition) is 0. The van der Waals surface area contributed by atoms with Gasteiger partial charge in [0.15, 0.2) is 11.5 Å². The van der Waals surface area contributed by atoms with Crippen LogP contribution in [0.15, 0.2) is 42.5 Å². The SMILES string of the molecule is COc1ccc(CCC2CCCCN2C(=O)CN2C(=O)CCc3ccccc32)cc1OC. The summed E-state index contributed by atoms with van der Waals surface area (Å²) in [7, 11) is 3.28. The molecular weight excluding hydrogens is 404 g/mol. The number of fused-ring (bicyclic) bond motifs is 1. The lowest BCUT2D eigenvalue weighted by Gasteiger charge is -2.38. The van der Waals surface area contributed by atoms with E-state index in [0.717, 1.165) is 67.8 Å². The highest BCUT2D eigenvalue weighted by atomic mass is 16.5. The molecule has 4 rings (SSSR count). The number of likely N-dealkylation sites (tertiary alicyclic amines) is 1. The van der Waals surface area contributed by atoms with Crippen LogP contribution < -0.4 is 14.4 Å². The van der Waals surface area contributed by atoms with Crippen LogP contribution in [0.25, 0.3) is 0 Å². The number of carbonyl (C=O) groups excluding carboxylic acids is 2. The first-order valence-electron chi connectivity index (χ1n) is 11.5. The standard InChI is InChI=1S/C26H32N2O4/c1-31-23-14-11-19(17-24(23)32-2)10-13-21-8-5-6-16-27(21)26(30)18-28-22-9-4-3-7-20(22)12-15-25(28)29/h3-4,7,9,11,14,17,21H,5-6,8,10,12-13,15-16,18H2,1-2H3. The number of methoxy groups -OCH3 is 2. The summed E-state index contributed by atoms with van der Waals surface area (Å²) in [6.07, 6.45) is 6.12. The van der Waals surface area contributed by atoms with Gasteiger partial charge >= 0.3 is 0 Å². The molecule has 6 heteroatoms. The second kappa shape index (κ2) is 10.1. The van der Waals surface area contributed by atoms with Gasteiger partial charge in [0, 0.05) is 24.7 Å². The lowest BCUT2D eigenvalue weighted by Crippen LogP contribution is -2.50. The summed E-state index contributed by atoms with van der Waals surface area (Å²) >= 11 is 0. The molecule has 170 valence electrons. The molecule has 0 aromatic heterocycles. The average molecular weight is 437 g/mol. The maximum Gasteiger partial charge on any atom is 0.242 e. The van der Waals surface area contributed by atoms with E-state index in [2.05, 4.69) is 6.07 Å². The number of ether oxygens (including phenoxy) is 2. The third-order valence-electron chi connectivity index (χ3n) is 6.65. The van der Waals surface area contributed by atoms with E-state index in [1.165, 1.54) is 5.56 Å². The Kier molecular flexibility index (Phi) is 6.98. The van der Waals surface area contributed by atoms with Gasteiger partial charge < -0.3 is 19.3 Å². The van der Waals surface area contributed by atoms with Crippen molar-refractivity contribution in [1.82, 2.24) is 4.90 Å². The quantitative estimate of drug-likeness (QED) is 0.658. The topological polar surface area (TPSA) is 59.1 Å². The van der Waals surface area contributed by atoms with Crippen molar-refractivity contribution in [3.63, 3.8) is 0 Å². The van der Waals surface area contributed by atoms with Gasteiger partial charge in [-0.2, -0.15) is 0 Å². The van der Waals surface area contributed by atoms with Crippen molar-refractivity contribution < 1.29 is 19.1 Å². The predicted molar refractivity (Wildman–Crippen MR) is 124 cm³/mol. The molecule has 32 heavy (non-hydrogen) atoms. The van der Waals surface area contributed by atoms with Gasteiger partial charge in [-0.25, -0.2) is 0 Å². The van der Waals surface area contributed by atoms with Gasteiger partial charge in [-0.1, -0.05) is 24.3 Å². The van der Waals surface area contributed by atoms with Crippen molar-refractivity contribution in [2.75, 3.05) is 32.2 Å². The molecule has 2 aromatic rings. The number of para-hydroxylation sites is 1. The Morgan fingerprint density at radius 1 is 1.03 bits per heavy atom. The van der Waals surface area contributed by atoms with Crippen LogP contribution >= 0.6 is 0 Å². The molecule has 0 aliphatic carbocycles. The van der Waals surface area contributed by atoms with Crippen molar-refractivity contribution >= 4 is 17.5 Å². The molecule has 1 unspecified atom stereocenters. The molecule has 2 aliphatic rings. The van der Waals surface area contributed by atoms with Crippen LogP contribution in [0.5, 0.6) is 11.5 Å². The zero-order chi connectivity index (χ0) is 22.5. The summed E-state index contributed by atoms with van der Waals surface area (Å²) in [5.41, 5.74) is 3.19. The molecule has 0 N–H and O–H groups in total.